The molecule has 0 radical (unpaired) electrons. The van der Waals surface area contributed by atoms with E-state index in [0.717, 1.165) is 16.5 Å². The van der Waals surface area contributed by atoms with E-state index in [4.69, 9.17) is 0 Å². The Morgan fingerprint density at radius 3 is 2.62 bits per heavy atom. The van der Waals surface area contributed by atoms with Gasteiger partial charge in [-0.3, -0.25) is 15.0 Å². The van der Waals surface area contributed by atoms with E-state index in [-0.39, 0.29) is 5.69 Å². The molecule has 4 aromatic rings. The summed E-state index contributed by atoms with van der Waals surface area (Å²) in [6, 6.07) is 12.9. The third kappa shape index (κ3) is 3.29. The summed E-state index contributed by atoms with van der Waals surface area (Å²) in [5, 5.41) is 21.5. The number of benzene rings is 2. The average Bonchev–Trinajstić information content (AvgIpc) is 3.36. The molecule has 1 amide bonds. The Labute approximate surface area is 164 Å². The Hall–Kier alpha value is -4.14. The summed E-state index contributed by atoms with van der Waals surface area (Å²) in [7, 11) is 0. The molecule has 1 unspecified atom stereocenters. The van der Waals surface area contributed by atoms with Gasteiger partial charge >= 0.3 is 6.09 Å². The number of rotatable bonds is 5. The highest BCUT2D eigenvalue weighted by Crippen LogP contribution is 2.33. The number of aromatic amines is 2. The van der Waals surface area contributed by atoms with Gasteiger partial charge < -0.3 is 15.1 Å². The molecule has 0 aliphatic carbocycles. The molecule has 0 saturated heterocycles. The van der Waals surface area contributed by atoms with E-state index in [2.05, 4.69) is 15.0 Å². The number of nitro benzene ring substituents is 1. The van der Waals surface area contributed by atoms with E-state index in [1.807, 2.05) is 24.3 Å². The topological polar surface area (TPSA) is 128 Å². The number of non-ortho nitro benzene ring substituents is 1. The summed E-state index contributed by atoms with van der Waals surface area (Å²) in [5.41, 5.74) is 2.74. The van der Waals surface area contributed by atoms with Gasteiger partial charge in [-0.2, -0.15) is 0 Å². The highest BCUT2D eigenvalue weighted by molar-refractivity contribution is 6.00. The Morgan fingerprint density at radius 2 is 1.93 bits per heavy atom. The van der Waals surface area contributed by atoms with E-state index in [9.17, 15) is 20.0 Å². The SMILES string of the molecule is CC(c1ncc(-c2ccc([N+](=O)[O-])cc2)[nH]1)N(C(=O)O)c1c[nH]c2ccccc12. The van der Waals surface area contributed by atoms with Gasteiger partial charge in [-0.15, -0.1) is 0 Å². The molecule has 2 heterocycles. The van der Waals surface area contributed by atoms with Crippen LogP contribution in [-0.4, -0.2) is 31.1 Å². The molecule has 0 saturated carbocycles. The van der Waals surface area contributed by atoms with Crippen molar-refractivity contribution < 1.29 is 14.8 Å². The molecule has 146 valence electrons. The van der Waals surface area contributed by atoms with Crippen LogP contribution in [0.5, 0.6) is 0 Å². The van der Waals surface area contributed by atoms with Crippen molar-refractivity contribution in [2.75, 3.05) is 4.90 Å². The quantitative estimate of drug-likeness (QED) is 0.335. The molecule has 9 heteroatoms. The number of nitro groups is 1. The van der Waals surface area contributed by atoms with E-state index < -0.39 is 17.1 Å². The number of amides is 1. The van der Waals surface area contributed by atoms with Crippen LogP contribution in [0, 0.1) is 10.1 Å². The summed E-state index contributed by atoms with van der Waals surface area (Å²) >= 11 is 0. The lowest BCUT2D eigenvalue weighted by molar-refractivity contribution is -0.384. The number of H-pyrrole nitrogens is 2. The second-order valence-electron chi connectivity index (χ2n) is 6.53. The number of carboxylic acid groups (broad SMARTS) is 1. The molecular formula is C20H17N5O4. The monoisotopic (exact) mass is 391 g/mol. The number of anilines is 1. The summed E-state index contributed by atoms with van der Waals surface area (Å²) in [6.07, 6.45) is 2.15. The number of aromatic nitrogens is 3. The zero-order valence-electron chi connectivity index (χ0n) is 15.4. The molecule has 1 atom stereocenters. The van der Waals surface area contributed by atoms with Crippen molar-refractivity contribution in [2.24, 2.45) is 0 Å². The Kier molecular flexibility index (Phi) is 4.47. The lowest BCUT2D eigenvalue weighted by Crippen LogP contribution is -2.32. The maximum Gasteiger partial charge on any atom is 0.412 e. The van der Waals surface area contributed by atoms with Crippen molar-refractivity contribution in [2.45, 2.75) is 13.0 Å². The van der Waals surface area contributed by atoms with Crippen LogP contribution in [0.4, 0.5) is 16.2 Å². The Bertz CT molecular complexity index is 1200. The van der Waals surface area contributed by atoms with Crippen LogP contribution < -0.4 is 4.90 Å². The highest BCUT2D eigenvalue weighted by atomic mass is 16.6. The van der Waals surface area contributed by atoms with Gasteiger partial charge in [-0.1, -0.05) is 18.2 Å². The number of hydrogen-bond donors (Lipinski definition) is 3. The van der Waals surface area contributed by atoms with E-state index in [0.29, 0.717) is 17.2 Å². The van der Waals surface area contributed by atoms with Crippen LogP contribution >= 0.6 is 0 Å². The molecule has 0 bridgehead atoms. The predicted octanol–water partition coefficient (Wildman–Crippen LogP) is 4.71. The molecule has 0 aliphatic heterocycles. The van der Waals surface area contributed by atoms with Gasteiger partial charge in [0.25, 0.3) is 5.69 Å². The number of nitrogens with one attached hydrogen (secondary N) is 2. The van der Waals surface area contributed by atoms with Crippen LogP contribution in [-0.2, 0) is 0 Å². The third-order valence-corrected chi connectivity index (χ3v) is 4.80. The molecule has 0 fully saturated rings. The maximum absolute atomic E-state index is 12.0. The van der Waals surface area contributed by atoms with Crippen molar-refractivity contribution in [3.8, 4) is 11.3 Å². The van der Waals surface area contributed by atoms with E-state index in [1.165, 1.54) is 17.0 Å². The first-order valence-electron chi connectivity index (χ1n) is 8.83. The van der Waals surface area contributed by atoms with Crippen LogP contribution in [0.15, 0.2) is 60.9 Å². The average molecular weight is 391 g/mol. The molecular weight excluding hydrogens is 374 g/mol. The van der Waals surface area contributed by atoms with Crippen LogP contribution in [0.25, 0.3) is 22.2 Å². The number of carbonyl (C=O) groups is 1. The summed E-state index contributed by atoms with van der Waals surface area (Å²) in [5.74, 6) is 0.464. The van der Waals surface area contributed by atoms with Gasteiger partial charge in [0, 0.05) is 34.8 Å². The van der Waals surface area contributed by atoms with E-state index in [1.54, 1.807) is 31.5 Å². The molecule has 9 nitrogen and oxygen atoms in total. The van der Waals surface area contributed by atoms with Crippen LogP contribution in [0.3, 0.4) is 0 Å². The van der Waals surface area contributed by atoms with Crippen molar-refractivity contribution in [3.05, 3.63) is 76.9 Å². The van der Waals surface area contributed by atoms with Gasteiger partial charge in [-0.05, 0) is 25.1 Å². The fraction of sp³-hybridized carbons (Fsp3) is 0.100. The minimum absolute atomic E-state index is 0.00162. The minimum atomic E-state index is -1.10. The predicted molar refractivity (Wildman–Crippen MR) is 108 cm³/mol. The van der Waals surface area contributed by atoms with Crippen molar-refractivity contribution in [1.29, 1.82) is 0 Å². The van der Waals surface area contributed by atoms with Crippen molar-refractivity contribution >= 4 is 28.4 Å². The Balaban J connectivity index is 1.67. The number of hydrogen-bond acceptors (Lipinski definition) is 4. The van der Waals surface area contributed by atoms with Crippen molar-refractivity contribution in [1.82, 2.24) is 15.0 Å². The summed E-state index contributed by atoms with van der Waals surface area (Å²) < 4.78 is 0. The minimum Gasteiger partial charge on any atom is -0.465 e. The van der Waals surface area contributed by atoms with Gasteiger partial charge in [-0.25, -0.2) is 9.78 Å². The smallest absolute Gasteiger partial charge is 0.412 e. The van der Waals surface area contributed by atoms with Crippen LogP contribution in [0.2, 0.25) is 0 Å². The third-order valence-electron chi connectivity index (χ3n) is 4.80. The first-order chi connectivity index (χ1) is 14.0. The zero-order chi connectivity index (χ0) is 20.5. The lowest BCUT2D eigenvalue weighted by Gasteiger charge is -2.24. The summed E-state index contributed by atoms with van der Waals surface area (Å²) in [4.78, 5) is 34.2. The number of imidazole rings is 1. The first-order valence-corrected chi connectivity index (χ1v) is 8.83. The zero-order valence-corrected chi connectivity index (χ0v) is 15.4. The van der Waals surface area contributed by atoms with Crippen molar-refractivity contribution in [3.63, 3.8) is 0 Å². The molecule has 29 heavy (non-hydrogen) atoms. The van der Waals surface area contributed by atoms with Gasteiger partial charge in [0.05, 0.1) is 28.5 Å². The molecule has 2 aromatic carbocycles. The molecule has 4 rings (SSSR count). The van der Waals surface area contributed by atoms with Gasteiger partial charge in [0.2, 0.25) is 0 Å². The fourth-order valence-electron chi connectivity index (χ4n) is 3.31. The van der Waals surface area contributed by atoms with Gasteiger partial charge in [0.1, 0.15) is 5.82 Å². The largest absolute Gasteiger partial charge is 0.465 e. The highest BCUT2D eigenvalue weighted by Gasteiger charge is 2.27. The first kappa shape index (κ1) is 18.2. The molecule has 0 spiro atoms. The fourth-order valence-corrected chi connectivity index (χ4v) is 3.31. The summed E-state index contributed by atoms with van der Waals surface area (Å²) in [6.45, 7) is 1.74. The second-order valence-corrected chi connectivity index (χ2v) is 6.53. The Morgan fingerprint density at radius 1 is 1.21 bits per heavy atom. The lowest BCUT2D eigenvalue weighted by atomic mass is 10.1. The maximum atomic E-state index is 12.0. The normalized spacial score (nSPS) is 12.0. The van der Waals surface area contributed by atoms with E-state index >= 15 is 0 Å². The number of nitrogens with zero attached hydrogens (tertiary/aromatic N) is 3. The van der Waals surface area contributed by atoms with Crippen LogP contribution in [0.1, 0.15) is 18.8 Å². The standard InChI is InChI=1S/C20H17N5O4/c1-12(24(20(26)27)18-11-21-16-5-3-2-4-15(16)18)19-22-10-17(23-19)13-6-8-14(9-7-13)25(28)29/h2-12,21H,1H3,(H,22,23)(H,26,27). The second kappa shape index (κ2) is 7.12. The molecule has 0 aliphatic rings. The molecule has 3 N–H and O–H groups in total. The number of fused-ring (bicyclic) bond motifs is 1. The van der Waals surface area contributed by atoms with Gasteiger partial charge in [0.15, 0.2) is 0 Å². The number of para-hydroxylation sites is 1. The molecule has 2 aromatic heterocycles.